The standard InChI is InChI=1S/C23H27FN2O3S/c24-19-10-8-17(9-11-19)14-15-26(21-5-1-2-6-21)23(27)18-4-3-7-22(16-18)30(28,29)25-20-12-13-20/h3-4,7-11,16,20-21,25H,1-2,5-6,12-15H2. The minimum absolute atomic E-state index is 0.0139. The summed E-state index contributed by atoms with van der Waals surface area (Å²) in [5.74, 6) is -0.423. The number of sulfonamides is 1. The van der Waals surface area contributed by atoms with Gasteiger partial charge in [-0.05, 0) is 68.0 Å². The Balaban J connectivity index is 1.53. The van der Waals surface area contributed by atoms with Gasteiger partial charge in [-0.2, -0.15) is 0 Å². The molecule has 0 aliphatic heterocycles. The van der Waals surface area contributed by atoms with Gasteiger partial charge in [0.25, 0.3) is 5.91 Å². The molecule has 0 atom stereocenters. The Morgan fingerprint density at radius 2 is 1.73 bits per heavy atom. The van der Waals surface area contributed by atoms with E-state index in [2.05, 4.69) is 4.72 Å². The van der Waals surface area contributed by atoms with Gasteiger partial charge in [0.05, 0.1) is 4.90 Å². The third kappa shape index (κ3) is 5.08. The third-order valence-corrected chi connectivity index (χ3v) is 7.39. The summed E-state index contributed by atoms with van der Waals surface area (Å²) in [6, 6.07) is 12.8. The molecule has 2 aromatic rings. The van der Waals surface area contributed by atoms with Gasteiger partial charge in [0.1, 0.15) is 5.82 Å². The van der Waals surface area contributed by atoms with Crippen LogP contribution in [0.2, 0.25) is 0 Å². The molecule has 0 spiro atoms. The lowest BCUT2D eigenvalue weighted by Crippen LogP contribution is -2.40. The maximum absolute atomic E-state index is 13.4. The first kappa shape index (κ1) is 21.0. The van der Waals surface area contributed by atoms with Crippen molar-refractivity contribution in [1.29, 1.82) is 0 Å². The summed E-state index contributed by atoms with van der Waals surface area (Å²) in [4.78, 5) is 15.4. The van der Waals surface area contributed by atoms with E-state index < -0.39 is 10.0 Å². The van der Waals surface area contributed by atoms with Crippen molar-refractivity contribution in [3.63, 3.8) is 0 Å². The maximum Gasteiger partial charge on any atom is 0.254 e. The number of rotatable bonds is 8. The summed E-state index contributed by atoms with van der Waals surface area (Å²) in [7, 11) is -3.61. The Morgan fingerprint density at radius 1 is 1.03 bits per heavy atom. The second-order valence-corrected chi connectivity index (χ2v) is 9.95. The molecule has 0 bridgehead atoms. The molecular formula is C23H27FN2O3S. The van der Waals surface area contributed by atoms with Crippen molar-refractivity contribution >= 4 is 15.9 Å². The van der Waals surface area contributed by atoms with Crippen molar-refractivity contribution in [2.75, 3.05) is 6.54 Å². The molecule has 7 heteroatoms. The topological polar surface area (TPSA) is 66.5 Å². The second kappa shape index (κ2) is 8.86. The predicted octanol–water partition coefficient (Wildman–Crippen LogP) is 3.89. The van der Waals surface area contributed by atoms with Crippen LogP contribution in [0, 0.1) is 5.82 Å². The highest BCUT2D eigenvalue weighted by atomic mass is 32.2. The first-order valence-corrected chi connectivity index (χ1v) is 12.1. The van der Waals surface area contributed by atoms with E-state index in [9.17, 15) is 17.6 Å². The molecule has 4 rings (SSSR count). The average molecular weight is 431 g/mol. The van der Waals surface area contributed by atoms with Crippen LogP contribution in [0.25, 0.3) is 0 Å². The van der Waals surface area contributed by atoms with E-state index in [0.29, 0.717) is 18.5 Å². The second-order valence-electron chi connectivity index (χ2n) is 8.24. The molecule has 30 heavy (non-hydrogen) atoms. The van der Waals surface area contributed by atoms with E-state index in [1.54, 1.807) is 24.3 Å². The molecule has 2 aliphatic carbocycles. The lowest BCUT2D eigenvalue weighted by molar-refractivity contribution is 0.0683. The SMILES string of the molecule is O=C(c1cccc(S(=O)(=O)NC2CC2)c1)N(CCc1ccc(F)cc1)C1CCCC1. The number of nitrogens with zero attached hydrogens (tertiary/aromatic N) is 1. The van der Waals surface area contributed by atoms with Crippen LogP contribution in [0.15, 0.2) is 53.4 Å². The molecule has 0 radical (unpaired) electrons. The van der Waals surface area contributed by atoms with Crippen molar-refractivity contribution in [3.05, 3.63) is 65.5 Å². The van der Waals surface area contributed by atoms with Gasteiger partial charge in [0, 0.05) is 24.2 Å². The Labute approximate surface area is 177 Å². The lowest BCUT2D eigenvalue weighted by atomic mass is 10.1. The van der Waals surface area contributed by atoms with Gasteiger partial charge in [-0.15, -0.1) is 0 Å². The Bertz CT molecular complexity index is 997. The molecule has 2 fully saturated rings. The largest absolute Gasteiger partial charge is 0.335 e. The van der Waals surface area contributed by atoms with Crippen LogP contribution < -0.4 is 4.72 Å². The number of carbonyl (C=O) groups excluding carboxylic acids is 1. The molecule has 0 aromatic heterocycles. The lowest BCUT2D eigenvalue weighted by Gasteiger charge is -2.29. The van der Waals surface area contributed by atoms with Gasteiger partial charge in [-0.25, -0.2) is 17.5 Å². The highest BCUT2D eigenvalue weighted by molar-refractivity contribution is 7.89. The maximum atomic E-state index is 13.4. The Morgan fingerprint density at radius 3 is 2.40 bits per heavy atom. The van der Waals surface area contributed by atoms with Gasteiger partial charge >= 0.3 is 0 Å². The smallest absolute Gasteiger partial charge is 0.254 e. The summed E-state index contributed by atoms with van der Waals surface area (Å²) < 4.78 is 41.0. The highest BCUT2D eigenvalue weighted by Gasteiger charge is 2.30. The zero-order valence-corrected chi connectivity index (χ0v) is 17.7. The van der Waals surface area contributed by atoms with Crippen LogP contribution in [0.5, 0.6) is 0 Å². The predicted molar refractivity (Wildman–Crippen MR) is 113 cm³/mol. The molecule has 5 nitrogen and oxygen atoms in total. The first-order valence-electron chi connectivity index (χ1n) is 10.6. The molecule has 160 valence electrons. The molecule has 0 saturated heterocycles. The van der Waals surface area contributed by atoms with Crippen LogP contribution in [0.3, 0.4) is 0 Å². The Hall–Kier alpha value is -2.25. The van der Waals surface area contributed by atoms with Crippen molar-refractivity contribution < 1.29 is 17.6 Å². The number of hydrogen-bond acceptors (Lipinski definition) is 3. The van der Waals surface area contributed by atoms with Gasteiger partial charge in [0.15, 0.2) is 0 Å². The van der Waals surface area contributed by atoms with Crippen LogP contribution in [-0.4, -0.2) is 37.9 Å². The summed E-state index contributed by atoms with van der Waals surface area (Å²) in [6.07, 6.45) is 6.43. The molecule has 2 aliphatic rings. The van der Waals surface area contributed by atoms with Crippen molar-refractivity contribution in [3.8, 4) is 0 Å². The molecule has 2 saturated carbocycles. The summed E-state index contributed by atoms with van der Waals surface area (Å²) in [5.41, 5.74) is 1.36. The molecule has 0 heterocycles. The number of carbonyl (C=O) groups is 1. The van der Waals surface area contributed by atoms with Crippen molar-refractivity contribution in [2.45, 2.75) is 61.9 Å². The monoisotopic (exact) mass is 430 g/mol. The molecule has 0 unspecified atom stereocenters. The highest BCUT2D eigenvalue weighted by Crippen LogP contribution is 2.27. The normalized spacial score (nSPS) is 17.2. The van der Waals surface area contributed by atoms with Crippen molar-refractivity contribution in [2.24, 2.45) is 0 Å². The quantitative estimate of drug-likeness (QED) is 0.691. The fraction of sp³-hybridized carbons (Fsp3) is 0.435. The molecule has 2 aromatic carbocycles. The van der Waals surface area contributed by atoms with Gasteiger partial charge in [-0.3, -0.25) is 4.79 Å². The van der Waals surface area contributed by atoms with E-state index in [-0.39, 0.29) is 28.7 Å². The minimum Gasteiger partial charge on any atom is -0.335 e. The Kier molecular flexibility index (Phi) is 6.20. The first-order chi connectivity index (χ1) is 14.4. The van der Waals surface area contributed by atoms with E-state index in [1.807, 2.05) is 4.90 Å². The average Bonchev–Trinajstić information content (AvgIpc) is 3.37. The van der Waals surface area contributed by atoms with Crippen molar-refractivity contribution in [1.82, 2.24) is 9.62 Å². The number of nitrogens with one attached hydrogen (secondary N) is 1. The van der Waals surface area contributed by atoms with Gasteiger partial charge in [-0.1, -0.05) is 31.0 Å². The zero-order valence-electron chi connectivity index (χ0n) is 16.9. The van der Waals surface area contributed by atoms with Crippen LogP contribution >= 0.6 is 0 Å². The van der Waals surface area contributed by atoms with E-state index in [0.717, 1.165) is 44.1 Å². The van der Waals surface area contributed by atoms with Crippen LogP contribution in [0.1, 0.15) is 54.4 Å². The fourth-order valence-electron chi connectivity index (χ4n) is 4.02. The van der Waals surface area contributed by atoms with E-state index in [1.165, 1.54) is 24.3 Å². The number of hydrogen-bond donors (Lipinski definition) is 1. The fourth-order valence-corrected chi connectivity index (χ4v) is 5.37. The van der Waals surface area contributed by atoms with Gasteiger partial charge < -0.3 is 4.90 Å². The molecule has 1 N–H and O–H groups in total. The number of halogens is 1. The third-order valence-electron chi connectivity index (χ3n) is 5.87. The van der Waals surface area contributed by atoms with Gasteiger partial charge in [0.2, 0.25) is 10.0 Å². The van der Waals surface area contributed by atoms with E-state index >= 15 is 0 Å². The zero-order chi connectivity index (χ0) is 21.1. The summed E-state index contributed by atoms with van der Waals surface area (Å²) >= 11 is 0. The van der Waals surface area contributed by atoms with Crippen LogP contribution in [-0.2, 0) is 16.4 Å². The molecule has 1 amide bonds. The number of amides is 1. The number of benzene rings is 2. The van der Waals surface area contributed by atoms with E-state index in [4.69, 9.17) is 0 Å². The van der Waals surface area contributed by atoms with Crippen LogP contribution in [0.4, 0.5) is 4.39 Å². The summed E-state index contributed by atoms with van der Waals surface area (Å²) in [6.45, 7) is 0.520. The molecular weight excluding hydrogens is 403 g/mol. The minimum atomic E-state index is -3.61. The summed E-state index contributed by atoms with van der Waals surface area (Å²) in [5, 5.41) is 0.